The molecule has 0 spiro atoms. The Hall–Kier alpha value is -3.45. The minimum absolute atomic E-state index is 0.160. The fraction of sp³-hybridized carbons (Fsp3) is 0.136. The number of nitrogens with one attached hydrogen (secondary N) is 1. The first kappa shape index (κ1) is 17.4. The van der Waals surface area contributed by atoms with Gasteiger partial charge in [0.25, 0.3) is 5.91 Å². The van der Waals surface area contributed by atoms with Gasteiger partial charge < -0.3 is 14.6 Å². The number of anilines is 1. The molecule has 0 saturated carbocycles. The highest BCUT2D eigenvalue weighted by Gasteiger charge is 2.17. The predicted octanol–water partition coefficient (Wildman–Crippen LogP) is 4.34. The zero-order valence-electron chi connectivity index (χ0n) is 15.0. The molecule has 0 saturated heterocycles. The van der Waals surface area contributed by atoms with Crippen molar-refractivity contribution >= 4 is 11.6 Å². The van der Waals surface area contributed by atoms with Crippen LogP contribution in [-0.4, -0.2) is 17.6 Å². The van der Waals surface area contributed by atoms with Gasteiger partial charge in [-0.25, -0.2) is 0 Å². The van der Waals surface area contributed by atoms with E-state index in [1.54, 1.807) is 13.2 Å². The normalized spacial score (nSPS) is 10.2. The number of benzene rings is 2. The average molecular weight is 344 g/mol. The van der Waals surface area contributed by atoms with Crippen molar-refractivity contribution in [2.75, 3.05) is 12.4 Å². The quantitative estimate of drug-likeness (QED) is 0.716. The number of aromatic nitrogens is 1. The van der Waals surface area contributed by atoms with Crippen molar-refractivity contribution in [3.05, 3.63) is 77.1 Å². The third-order valence-electron chi connectivity index (χ3n) is 4.29. The van der Waals surface area contributed by atoms with Crippen LogP contribution >= 0.6 is 0 Å². The van der Waals surface area contributed by atoms with E-state index in [9.17, 15) is 4.79 Å². The van der Waals surface area contributed by atoms with E-state index in [1.165, 1.54) is 0 Å². The van der Waals surface area contributed by atoms with Crippen molar-refractivity contribution in [1.82, 2.24) is 4.57 Å². The van der Waals surface area contributed by atoms with E-state index in [4.69, 9.17) is 11.2 Å². The molecule has 4 heteroatoms. The van der Waals surface area contributed by atoms with Crippen LogP contribution in [0.15, 0.2) is 54.6 Å². The molecule has 0 aliphatic carbocycles. The second kappa shape index (κ2) is 7.20. The van der Waals surface area contributed by atoms with Gasteiger partial charge in [0.15, 0.2) is 0 Å². The fourth-order valence-corrected chi connectivity index (χ4v) is 3.01. The summed E-state index contributed by atoms with van der Waals surface area (Å²) in [7, 11) is 1.64. The highest BCUT2D eigenvalue weighted by Crippen LogP contribution is 2.23. The molecular weight excluding hydrogens is 324 g/mol. The Morgan fingerprint density at radius 2 is 1.85 bits per heavy atom. The number of hydrogen-bond donors (Lipinski definition) is 1. The standard InChI is InChI=1S/C22H20N2O2/c1-5-17-7-6-8-18(14-17)23-22(25)21-13-15(2)24(16(21)3)19-9-11-20(26-4)12-10-19/h1,6-14H,2-4H3,(H,23,25). The lowest BCUT2D eigenvalue weighted by Crippen LogP contribution is -2.13. The predicted molar refractivity (Wildman–Crippen MR) is 104 cm³/mol. The molecule has 4 nitrogen and oxygen atoms in total. The Kier molecular flexibility index (Phi) is 4.81. The zero-order chi connectivity index (χ0) is 18.7. The molecule has 0 radical (unpaired) electrons. The van der Waals surface area contributed by atoms with Crippen molar-refractivity contribution in [1.29, 1.82) is 0 Å². The smallest absolute Gasteiger partial charge is 0.257 e. The van der Waals surface area contributed by atoms with Crippen molar-refractivity contribution in [2.45, 2.75) is 13.8 Å². The van der Waals surface area contributed by atoms with Gasteiger partial charge in [0.2, 0.25) is 0 Å². The van der Waals surface area contributed by atoms with Crippen LogP contribution in [0, 0.1) is 26.2 Å². The largest absolute Gasteiger partial charge is 0.497 e. The molecule has 1 amide bonds. The maximum absolute atomic E-state index is 12.7. The highest BCUT2D eigenvalue weighted by molar-refractivity contribution is 6.05. The number of rotatable bonds is 4. The van der Waals surface area contributed by atoms with Gasteiger partial charge in [-0.3, -0.25) is 4.79 Å². The van der Waals surface area contributed by atoms with Gasteiger partial charge in [-0.1, -0.05) is 12.0 Å². The molecule has 1 aromatic heterocycles. The SMILES string of the molecule is C#Cc1cccc(NC(=O)c2cc(C)n(-c3ccc(OC)cc3)c2C)c1. The molecule has 0 atom stereocenters. The van der Waals surface area contributed by atoms with Gasteiger partial charge in [0.1, 0.15) is 5.75 Å². The van der Waals surface area contributed by atoms with Gasteiger partial charge in [0, 0.05) is 28.3 Å². The van der Waals surface area contributed by atoms with Crippen molar-refractivity contribution in [2.24, 2.45) is 0 Å². The third-order valence-corrected chi connectivity index (χ3v) is 4.29. The highest BCUT2D eigenvalue weighted by atomic mass is 16.5. The number of ether oxygens (including phenoxy) is 1. The fourth-order valence-electron chi connectivity index (χ4n) is 3.01. The number of carbonyl (C=O) groups excluding carboxylic acids is 1. The van der Waals surface area contributed by atoms with Crippen LogP contribution in [0.25, 0.3) is 5.69 Å². The van der Waals surface area contributed by atoms with Crippen LogP contribution in [0.3, 0.4) is 0 Å². The van der Waals surface area contributed by atoms with Gasteiger partial charge in [-0.2, -0.15) is 0 Å². The Morgan fingerprint density at radius 3 is 2.50 bits per heavy atom. The van der Waals surface area contributed by atoms with E-state index >= 15 is 0 Å². The summed E-state index contributed by atoms with van der Waals surface area (Å²) in [6.45, 7) is 3.91. The van der Waals surface area contributed by atoms with E-state index in [-0.39, 0.29) is 5.91 Å². The van der Waals surface area contributed by atoms with E-state index in [1.807, 2.05) is 66.9 Å². The summed E-state index contributed by atoms with van der Waals surface area (Å²) in [4.78, 5) is 12.7. The third kappa shape index (κ3) is 3.33. The maximum Gasteiger partial charge on any atom is 0.257 e. The number of methoxy groups -OCH3 is 1. The molecule has 3 aromatic rings. The van der Waals surface area contributed by atoms with E-state index in [0.717, 1.165) is 28.4 Å². The van der Waals surface area contributed by atoms with Crippen LogP contribution in [0.5, 0.6) is 5.75 Å². The summed E-state index contributed by atoms with van der Waals surface area (Å²) in [6.07, 6.45) is 5.42. The first-order chi connectivity index (χ1) is 12.5. The second-order valence-electron chi connectivity index (χ2n) is 6.00. The van der Waals surface area contributed by atoms with E-state index in [2.05, 4.69) is 11.2 Å². The molecule has 1 heterocycles. The van der Waals surface area contributed by atoms with Crippen molar-refractivity contribution in [3.63, 3.8) is 0 Å². The molecule has 0 unspecified atom stereocenters. The van der Waals surface area contributed by atoms with Crippen LogP contribution in [0.1, 0.15) is 27.3 Å². The summed E-state index contributed by atoms with van der Waals surface area (Å²) >= 11 is 0. The number of terminal acetylenes is 1. The van der Waals surface area contributed by atoms with Gasteiger partial charge in [-0.15, -0.1) is 6.42 Å². The minimum atomic E-state index is -0.160. The number of aryl methyl sites for hydroxylation is 1. The Labute approximate surface area is 153 Å². The summed E-state index contributed by atoms with van der Waals surface area (Å²) in [6, 6.07) is 16.9. The molecule has 0 bridgehead atoms. The number of amides is 1. The summed E-state index contributed by atoms with van der Waals surface area (Å²) in [5.74, 6) is 3.20. The Bertz CT molecular complexity index is 992. The van der Waals surface area contributed by atoms with Crippen molar-refractivity contribution in [3.8, 4) is 23.8 Å². The monoisotopic (exact) mass is 344 g/mol. The minimum Gasteiger partial charge on any atom is -0.497 e. The molecule has 130 valence electrons. The van der Waals surface area contributed by atoms with Crippen LogP contribution in [-0.2, 0) is 0 Å². The number of hydrogen-bond acceptors (Lipinski definition) is 2. The lowest BCUT2D eigenvalue weighted by Gasteiger charge is -2.11. The lowest BCUT2D eigenvalue weighted by molar-refractivity contribution is 0.102. The van der Waals surface area contributed by atoms with Crippen LogP contribution < -0.4 is 10.1 Å². The first-order valence-corrected chi connectivity index (χ1v) is 8.25. The van der Waals surface area contributed by atoms with Gasteiger partial charge in [0.05, 0.1) is 12.7 Å². The topological polar surface area (TPSA) is 43.3 Å². The van der Waals surface area contributed by atoms with Crippen molar-refractivity contribution < 1.29 is 9.53 Å². The van der Waals surface area contributed by atoms with Gasteiger partial charge >= 0.3 is 0 Å². The Balaban J connectivity index is 1.91. The molecule has 0 aliphatic heterocycles. The molecule has 0 aliphatic rings. The number of nitrogens with zero attached hydrogens (tertiary/aromatic N) is 1. The first-order valence-electron chi connectivity index (χ1n) is 8.25. The number of carbonyl (C=O) groups is 1. The molecule has 3 rings (SSSR count). The second-order valence-corrected chi connectivity index (χ2v) is 6.00. The summed E-state index contributed by atoms with van der Waals surface area (Å²) < 4.78 is 7.25. The zero-order valence-corrected chi connectivity index (χ0v) is 15.0. The van der Waals surface area contributed by atoms with Crippen LogP contribution in [0.2, 0.25) is 0 Å². The average Bonchev–Trinajstić information content (AvgIpc) is 2.96. The molecule has 2 aromatic carbocycles. The maximum atomic E-state index is 12.7. The molecule has 0 fully saturated rings. The summed E-state index contributed by atoms with van der Waals surface area (Å²) in [5.41, 5.74) is 4.87. The summed E-state index contributed by atoms with van der Waals surface area (Å²) in [5, 5.41) is 2.92. The Morgan fingerprint density at radius 1 is 1.12 bits per heavy atom. The van der Waals surface area contributed by atoms with E-state index < -0.39 is 0 Å². The lowest BCUT2D eigenvalue weighted by atomic mass is 10.2. The molecule has 1 N–H and O–H groups in total. The van der Waals surface area contributed by atoms with Crippen LogP contribution in [0.4, 0.5) is 5.69 Å². The van der Waals surface area contributed by atoms with E-state index in [0.29, 0.717) is 11.3 Å². The molecular formula is C22H20N2O2. The molecule has 26 heavy (non-hydrogen) atoms. The van der Waals surface area contributed by atoms with Gasteiger partial charge in [-0.05, 0) is 62.4 Å².